The lowest BCUT2D eigenvalue weighted by Gasteiger charge is -2.29. The monoisotopic (exact) mass is 404 g/mol. The van der Waals surface area contributed by atoms with Crippen molar-refractivity contribution in [2.24, 2.45) is 5.92 Å². The second-order valence-corrected chi connectivity index (χ2v) is 7.55. The molecule has 30 heavy (non-hydrogen) atoms. The molecule has 0 amide bonds. The van der Waals surface area contributed by atoms with E-state index >= 15 is 0 Å². The lowest BCUT2D eigenvalue weighted by Crippen LogP contribution is -2.37. The summed E-state index contributed by atoms with van der Waals surface area (Å²) < 4.78 is 16.6. The number of hydrogen-bond donors (Lipinski definition) is 0. The topological polar surface area (TPSA) is 85.8 Å². The molecule has 1 saturated heterocycles. The van der Waals surface area contributed by atoms with Crippen LogP contribution in [0.5, 0.6) is 5.75 Å². The van der Waals surface area contributed by atoms with E-state index in [1.54, 1.807) is 18.2 Å². The molecule has 2 aromatic carbocycles. The Balaban J connectivity index is 1.25. The van der Waals surface area contributed by atoms with E-state index in [0.717, 1.165) is 22.0 Å². The van der Waals surface area contributed by atoms with E-state index in [9.17, 15) is 9.59 Å². The normalized spacial score (nSPS) is 15.0. The Bertz CT molecular complexity index is 1260. The van der Waals surface area contributed by atoms with Crippen LogP contribution in [0.1, 0.15) is 18.4 Å². The largest absolute Gasteiger partial charge is 0.426 e. The van der Waals surface area contributed by atoms with Crippen LogP contribution in [0.15, 0.2) is 62.2 Å². The maximum atomic E-state index is 12.6. The van der Waals surface area contributed by atoms with Crippen LogP contribution in [0.4, 0.5) is 6.01 Å². The minimum absolute atomic E-state index is 0.203. The summed E-state index contributed by atoms with van der Waals surface area (Å²) >= 11 is 0. The number of para-hydroxylation sites is 2. The molecule has 1 aliphatic rings. The Morgan fingerprint density at radius 3 is 2.67 bits per heavy atom. The number of benzene rings is 2. The van der Waals surface area contributed by atoms with Gasteiger partial charge in [-0.25, -0.2) is 4.79 Å². The highest BCUT2D eigenvalue weighted by Crippen LogP contribution is 2.28. The Kier molecular flexibility index (Phi) is 4.50. The zero-order valence-electron chi connectivity index (χ0n) is 16.5. The van der Waals surface area contributed by atoms with Crippen LogP contribution in [-0.2, 0) is 4.79 Å². The molecule has 0 saturated carbocycles. The molecule has 0 bridgehead atoms. The zero-order valence-corrected chi connectivity index (χ0v) is 16.5. The molecule has 7 nitrogen and oxygen atoms in total. The van der Waals surface area contributed by atoms with Gasteiger partial charge in [0.25, 0.3) is 6.01 Å². The van der Waals surface area contributed by atoms with Gasteiger partial charge in [0.05, 0.1) is 5.92 Å². The number of carbonyl (C=O) groups is 1. The summed E-state index contributed by atoms with van der Waals surface area (Å²) in [7, 11) is 0. The molecule has 0 aliphatic carbocycles. The number of anilines is 1. The Labute approximate surface area is 171 Å². The van der Waals surface area contributed by atoms with Gasteiger partial charge in [0.15, 0.2) is 5.58 Å². The second kappa shape index (κ2) is 7.33. The average Bonchev–Trinajstić information content (AvgIpc) is 3.18. The van der Waals surface area contributed by atoms with Crippen LogP contribution >= 0.6 is 0 Å². The summed E-state index contributed by atoms with van der Waals surface area (Å²) in [6, 6.07) is 14.8. The summed E-state index contributed by atoms with van der Waals surface area (Å²) in [6.45, 7) is 3.17. The zero-order chi connectivity index (χ0) is 20.7. The molecule has 1 fully saturated rings. The van der Waals surface area contributed by atoms with E-state index in [2.05, 4.69) is 9.88 Å². The summed E-state index contributed by atoms with van der Waals surface area (Å²) in [4.78, 5) is 30.8. The number of aromatic nitrogens is 1. The predicted octanol–water partition coefficient (Wildman–Crippen LogP) is 4.06. The van der Waals surface area contributed by atoms with Crippen molar-refractivity contribution in [3.8, 4) is 5.75 Å². The fourth-order valence-electron chi connectivity index (χ4n) is 3.87. The number of fused-ring (bicyclic) bond motifs is 2. The molecular weight excluding hydrogens is 384 g/mol. The fourth-order valence-corrected chi connectivity index (χ4v) is 3.87. The number of rotatable bonds is 3. The Morgan fingerprint density at radius 1 is 1.07 bits per heavy atom. The van der Waals surface area contributed by atoms with Crippen LogP contribution in [0.2, 0.25) is 0 Å². The first-order valence-corrected chi connectivity index (χ1v) is 9.93. The molecule has 0 radical (unpaired) electrons. The third kappa shape index (κ3) is 3.43. The highest BCUT2D eigenvalue weighted by molar-refractivity contribution is 5.83. The van der Waals surface area contributed by atoms with Gasteiger partial charge in [0, 0.05) is 30.6 Å². The molecule has 0 N–H and O–H groups in total. The third-order valence-electron chi connectivity index (χ3n) is 5.52. The molecule has 5 rings (SSSR count). The fraction of sp³-hybridized carbons (Fsp3) is 0.261. The Morgan fingerprint density at radius 2 is 1.87 bits per heavy atom. The van der Waals surface area contributed by atoms with Crippen LogP contribution in [-0.4, -0.2) is 24.0 Å². The lowest BCUT2D eigenvalue weighted by molar-refractivity contribution is -0.139. The molecule has 0 unspecified atom stereocenters. The third-order valence-corrected chi connectivity index (χ3v) is 5.52. The maximum Gasteiger partial charge on any atom is 0.336 e. The van der Waals surface area contributed by atoms with E-state index in [1.807, 2.05) is 31.2 Å². The second-order valence-electron chi connectivity index (χ2n) is 7.55. The molecule has 0 atom stereocenters. The van der Waals surface area contributed by atoms with Crippen molar-refractivity contribution in [2.45, 2.75) is 19.8 Å². The molecule has 3 heterocycles. The van der Waals surface area contributed by atoms with Crippen molar-refractivity contribution in [3.63, 3.8) is 0 Å². The molecule has 7 heteroatoms. The number of carbonyl (C=O) groups excluding carboxylic acids is 1. The maximum absolute atomic E-state index is 12.6. The van der Waals surface area contributed by atoms with Gasteiger partial charge in [0.2, 0.25) is 0 Å². The number of hydrogen-bond acceptors (Lipinski definition) is 7. The first-order chi connectivity index (χ1) is 14.6. The number of aryl methyl sites for hydroxylation is 1. The van der Waals surface area contributed by atoms with E-state index in [-0.39, 0.29) is 11.9 Å². The van der Waals surface area contributed by atoms with Crippen molar-refractivity contribution in [1.82, 2.24) is 4.98 Å². The number of piperidine rings is 1. The van der Waals surface area contributed by atoms with Gasteiger partial charge >= 0.3 is 11.6 Å². The SMILES string of the molecule is Cc1cc(=O)oc2cc(OC(=O)C3CCN(c4nc5ccccc5o4)CC3)ccc12. The minimum Gasteiger partial charge on any atom is -0.426 e. The van der Waals surface area contributed by atoms with Gasteiger partial charge in [0.1, 0.15) is 16.8 Å². The molecule has 0 spiro atoms. The van der Waals surface area contributed by atoms with Gasteiger partial charge in [-0.3, -0.25) is 4.79 Å². The number of ether oxygens (including phenoxy) is 1. The van der Waals surface area contributed by atoms with Crippen molar-refractivity contribution in [3.05, 3.63) is 64.5 Å². The van der Waals surface area contributed by atoms with Gasteiger partial charge in [-0.1, -0.05) is 12.1 Å². The van der Waals surface area contributed by atoms with Crippen molar-refractivity contribution in [1.29, 1.82) is 0 Å². The standard InChI is InChI=1S/C23H20N2O5/c1-14-12-21(26)29-20-13-16(6-7-17(14)20)28-22(27)15-8-10-25(11-9-15)23-24-18-4-2-3-5-19(18)30-23/h2-7,12-13,15H,8-11H2,1H3. The molecule has 4 aromatic rings. The van der Waals surface area contributed by atoms with E-state index in [4.69, 9.17) is 13.6 Å². The van der Waals surface area contributed by atoms with Gasteiger partial charge in [-0.15, -0.1) is 0 Å². The van der Waals surface area contributed by atoms with Crippen molar-refractivity contribution >= 4 is 34.1 Å². The smallest absolute Gasteiger partial charge is 0.336 e. The predicted molar refractivity (Wildman–Crippen MR) is 112 cm³/mol. The van der Waals surface area contributed by atoms with Crippen LogP contribution in [0, 0.1) is 12.8 Å². The summed E-state index contributed by atoms with van der Waals surface area (Å²) in [5.74, 6) is -0.102. The summed E-state index contributed by atoms with van der Waals surface area (Å²) in [5.41, 5.74) is 2.40. The molecule has 1 aliphatic heterocycles. The van der Waals surface area contributed by atoms with E-state index in [0.29, 0.717) is 43.3 Å². The van der Waals surface area contributed by atoms with Crippen molar-refractivity contribution < 1.29 is 18.4 Å². The molecule has 2 aromatic heterocycles. The minimum atomic E-state index is -0.421. The first kappa shape index (κ1) is 18.4. The molecular formula is C23H20N2O5. The average molecular weight is 404 g/mol. The van der Waals surface area contributed by atoms with Gasteiger partial charge in [-0.05, 0) is 49.6 Å². The molecule has 152 valence electrons. The van der Waals surface area contributed by atoms with E-state index in [1.165, 1.54) is 6.07 Å². The number of esters is 1. The Hall–Kier alpha value is -3.61. The number of nitrogens with zero attached hydrogens (tertiary/aromatic N) is 2. The van der Waals surface area contributed by atoms with Crippen LogP contribution in [0.25, 0.3) is 22.1 Å². The van der Waals surface area contributed by atoms with Crippen molar-refractivity contribution in [2.75, 3.05) is 18.0 Å². The highest BCUT2D eigenvalue weighted by atomic mass is 16.5. The van der Waals surface area contributed by atoms with Gasteiger partial charge < -0.3 is 18.5 Å². The summed E-state index contributed by atoms with van der Waals surface area (Å²) in [6.07, 6.45) is 1.30. The number of oxazole rings is 1. The highest BCUT2D eigenvalue weighted by Gasteiger charge is 2.28. The first-order valence-electron chi connectivity index (χ1n) is 9.93. The van der Waals surface area contributed by atoms with E-state index < -0.39 is 5.63 Å². The van der Waals surface area contributed by atoms with Crippen LogP contribution in [0.3, 0.4) is 0 Å². The quantitative estimate of drug-likeness (QED) is 0.289. The summed E-state index contributed by atoms with van der Waals surface area (Å²) in [5, 5.41) is 0.820. The van der Waals surface area contributed by atoms with Gasteiger partial charge in [-0.2, -0.15) is 4.98 Å². The van der Waals surface area contributed by atoms with Crippen LogP contribution < -0.4 is 15.3 Å². The lowest BCUT2D eigenvalue weighted by atomic mass is 9.97.